The molecule has 2 fully saturated rings. The lowest BCUT2D eigenvalue weighted by Gasteiger charge is -2.48. The van der Waals surface area contributed by atoms with E-state index >= 15 is 0 Å². The minimum absolute atomic E-state index is 0.0388. The molecule has 2 aliphatic heterocycles. The fourth-order valence-electron chi connectivity index (χ4n) is 6.06. The highest BCUT2D eigenvalue weighted by atomic mass is 28.4. The van der Waals surface area contributed by atoms with Gasteiger partial charge < -0.3 is 13.9 Å². The highest BCUT2D eigenvalue weighted by Gasteiger charge is 2.72. The third-order valence-electron chi connectivity index (χ3n) is 6.96. The van der Waals surface area contributed by atoms with E-state index in [2.05, 4.69) is 53.7 Å². The smallest absolute Gasteiger partial charge is 0.204 e. The van der Waals surface area contributed by atoms with Crippen molar-refractivity contribution < 1.29 is 18.7 Å². The van der Waals surface area contributed by atoms with Crippen LogP contribution in [0.1, 0.15) is 54.9 Å². The van der Waals surface area contributed by atoms with Gasteiger partial charge in [0, 0.05) is 13.5 Å². The summed E-state index contributed by atoms with van der Waals surface area (Å²) < 4.78 is 19.4. The van der Waals surface area contributed by atoms with Crippen LogP contribution in [0.3, 0.4) is 0 Å². The van der Waals surface area contributed by atoms with Crippen molar-refractivity contribution in [1.82, 2.24) is 0 Å². The highest BCUT2D eigenvalue weighted by Crippen LogP contribution is 2.61. The molecule has 0 radical (unpaired) electrons. The van der Waals surface area contributed by atoms with Crippen molar-refractivity contribution in [3.8, 4) is 0 Å². The van der Waals surface area contributed by atoms with Crippen LogP contribution in [0.15, 0.2) is 12.2 Å². The third-order valence-corrected chi connectivity index (χ3v) is 13.1. The number of fused-ring (bicyclic) bond motifs is 5. The SMILES string of the molecule is CO[C@@H]1CC(=O)[C@@H]2[C@H]1[C@@]1(O[Si](C(C)C)(C(C)C)C(C)C)C=C[C@]2(C)O1. The van der Waals surface area contributed by atoms with E-state index in [9.17, 15) is 4.79 Å². The van der Waals surface area contributed by atoms with Gasteiger partial charge in [-0.25, -0.2) is 0 Å². The average molecular weight is 367 g/mol. The van der Waals surface area contributed by atoms with Crippen molar-refractivity contribution in [3.05, 3.63) is 12.2 Å². The molecule has 0 aromatic rings. The van der Waals surface area contributed by atoms with E-state index in [0.29, 0.717) is 23.0 Å². The van der Waals surface area contributed by atoms with Gasteiger partial charge in [0.15, 0.2) is 5.79 Å². The normalized spacial score (nSPS) is 40.1. The number of carbonyl (C=O) groups is 1. The third kappa shape index (κ3) is 2.46. The van der Waals surface area contributed by atoms with E-state index in [4.69, 9.17) is 13.9 Å². The first-order valence-corrected chi connectivity index (χ1v) is 11.8. The van der Waals surface area contributed by atoms with Crippen LogP contribution in [0, 0.1) is 11.8 Å². The Morgan fingerprint density at radius 1 is 1.12 bits per heavy atom. The highest BCUT2D eigenvalue weighted by molar-refractivity contribution is 6.77. The number of rotatable bonds is 6. The molecule has 3 aliphatic rings. The summed E-state index contributed by atoms with van der Waals surface area (Å²) in [5.41, 5.74) is 0.828. The number of carbonyl (C=O) groups excluding carboxylic acids is 1. The van der Waals surface area contributed by atoms with Crippen molar-refractivity contribution in [2.45, 2.75) is 89.0 Å². The van der Waals surface area contributed by atoms with E-state index in [1.807, 2.05) is 6.92 Å². The summed E-state index contributed by atoms with van der Waals surface area (Å²) in [5.74, 6) is -0.749. The predicted octanol–water partition coefficient (Wildman–Crippen LogP) is 4.45. The van der Waals surface area contributed by atoms with Crippen LogP contribution >= 0.6 is 0 Å². The molecule has 0 amide bonds. The summed E-state index contributed by atoms with van der Waals surface area (Å²) in [7, 11) is -0.461. The van der Waals surface area contributed by atoms with E-state index in [0.717, 1.165) is 0 Å². The average Bonchev–Trinajstić information content (AvgIpc) is 3.11. The summed E-state index contributed by atoms with van der Waals surface area (Å²) in [5, 5.41) is 0. The number of Topliss-reactive ketones (excluding diaryl/α,β-unsaturated/α-hetero) is 1. The van der Waals surface area contributed by atoms with Gasteiger partial charge in [-0.1, -0.05) is 47.6 Å². The first-order valence-electron chi connectivity index (χ1n) is 9.70. The fraction of sp³-hybridized carbons (Fsp3) is 0.850. The van der Waals surface area contributed by atoms with Crippen LogP contribution in [0.25, 0.3) is 0 Å². The molecule has 25 heavy (non-hydrogen) atoms. The fourth-order valence-corrected chi connectivity index (χ4v) is 11.6. The monoisotopic (exact) mass is 366 g/mol. The molecule has 0 unspecified atom stereocenters. The zero-order chi connectivity index (χ0) is 18.8. The molecular formula is C20H34O4Si. The molecule has 0 aromatic heterocycles. The van der Waals surface area contributed by atoms with E-state index < -0.39 is 19.7 Å². The summed E-state index contributed by atoms with van der Waals surface area (Å²) in [6.07, 6.45) is 4.50. The molecule has 5 atom stereocenters. The molecule has 3 rings (SSSR count). The van der Waals surface area contributed by atoms with Crippen molar-refractivity contribution in [2.24, 2.45) is 11.8 Å². The lowest BCUT2D eigenvalue weighted by molar-refractivity contribution is -0.182. The molecule has 4 nitrogen and oxygen atoms in total. The minimum Gasteiger partial charge on any atom is -0.386 e. The lowest BCUT2D eigenvalue weighted by Crippen LogP contribution is -2.57. The predicted molar refractivity (Wildman–Crippen MR) is 101 cm³/mol. The number of ketones is 1. The van der Waals surface area contributed by atoms with Gasteiger partial charge in [0.05, 0.1) is 23.5 Å². The quantitative estimate of drug-likeness (QED) is 0.514. The number of hydrogen-bond donors (Lipinski definition) is 0. The Balaban J connectivity index is 2.06. The second-order valence-corrected chi connectivity index (χ2v) is 14.6. The lowest BCUT2D eigenvalue weighted by atomic mass is 9.76. The van der Waals surface area contributed by atoms with Gasteiger partial charge in [0.25, 0.3) is 0 Å². The molecule has 0 spiro atoms. The van der Waals surface area contributed by atoms with Crippen molar-refractivity contribution in [3.63, 3.8) is 0 Å². The second-order valence-electron chi connectivity index (χ2n) is 9.21. The summed E-state index contributed by atoms with van der Waals surface area (Å²) >= 11 is 0. The van der Waals surface area contributed by atoms with Crippen LogP contribution in [-0.4, -0.2) is 38.7 Å². The van der Waals surface area contributed by atoms with Gasteiger partial charge in [-0.05, 0) is 29.6 Å². The van der Waals surface area contributed by atoms with Crippen LogP contribution < -0.4 is 0 Å². The molecule has 2 bridgehead atoms. The van der Waals surface area contributed by atoms with Gasteiger partial charge >= 0.3 is 0 Å². The molecule has 5 heteroatoms. The molecule has 142 valence electrons. The van der Waals surface area contributed by atoms with Gasteiger partial charge in [0.1, 0.15) is 5.78 Å². The first kappa shape index (κ1) is 19.3. The van der Waals surface area contributed by atoms with Gasteiger partial charge in [-0.2, -0.15) is 0 Å². The van der Waals surface area contributed by atoms with Gasteiger partial charge in [0.2, 0.25) is 8.32 Å². The Hall–Kier alpha value is -0.493. The summed E-state index contributed by atoms with van der Waals surface area (Å²) in [6.45, 7) is 15.7. The Kier molecular flexibility index (Phi) is 4.63. The Morgan fingerprint density at radius 3 is 2.16 bits per heavy atom. The van der Waals surface area contributed by atoms with Gasteiger partial charge in [-0.3, -0.25) is 4.79 Å². The molecule has 0 aromatic carbocycles. The molecule has 1 saturated heterocycles. The van der Waals surface area contributed by atoms with Crippen molar-refractivity contribution >= 4 is 14.1 Å². The molecule has 1 saturated carbocycles. The largest absolute Gasteiger partial charge is 0.386 e. The van der Waals surface area contributed by atoms with Crippen LogP contribution in [0.4, 0.5) is 0 Å². The Bertz CT molecular complexity index is 562. The standard InChI is InChI=1S/C20H34O4Si/c1-12(2)25(13(3)4,14(5)6)24-20-10-9-19(7,23-20)17-15(21)11-16(22-8)18(17)20/h9-10,12-14,16-18H,11H2,1-8H3/t16-,17-,18+,19+,20+/m1/s1. The van der Waals surface area contributed by atoms with Gasteiger partial charge in [-0.15, -0.1) is 0 Å². The minimum atomic E-state index is -2.16. The number of hydrogen-bond acceptors (Lipinski definition) is 4. The summed E-state index contributed by atoms with van der Waals surface area (Å²) in [6, 6.07) is 0. The van der Waals surface area contributed by atoms with Crippen LogP contribution in [0.5, 0.6) is 0 Å². The maximum atomic E-state index is 12.7. The number of ether oxygens (including phenoxy) is 2. The number of methoxy groups -OCH3 is 1. The van der Waals surface area contributed by atoms with Crippen LogP contribution in [0.2, 0.25) is 16.6 Å². The maximum Gasteiger partial charge on any atom is 0.204 e. The molecule has 1 aliphatic carbocycles. The molecule has 0 N–H and O–H groups in total. The van der Waals surface area contributed by atoms with Crippen LogP contribution in [-0.2, 0) is 18.7 Å². The molecule has 2 heterocycles. The van der Waals surface area contributed by atoms with E-state index in [-0.39, 0.29) is 23.7 Å². The van der Waals surface area contributed by atoms with Crippen molar-refractivity contribution in [1.29, 1.82) is 0 Å². The second kappa shape index (κ2) is 6.01. The maximum absolute atomic E-state index is 12.7. The zero-order valence-electron chi connectivity index (χ0n) is 17.0. The molecular weight excluding hydrogens is 332 g/mol. The zero-order valence-corrected chi connectivity index (χ0v) is 18.0. The first-order chi connectivity index (χ1) is 11.5. The van der Waals surface area contributed by atoms with Crippen molar-refractivity contribution in [2.75, 3.05) is 7.11 Å². The Morgan fingerprint density at radius 2 is 1.68 bits per heavy atom. The van der Waals surface area contributed by atoms with E-state index in [1.54, 1.807) is 7.11 Å². The van der Waals surface area contributed by atoms with E-state index in [1.165, 1.54) is 0 Å². The topological polar surface area (TPSA) is 44.8 Å². The Labute approximate surface area is 153 Å². The summed E-state index contributed by atoms with van der Waals surface area (Å²) in [4.78, 5) is 12.7.